The second-order valence-corrected chi connectivity index (χ2v) is 3.99. The van der Waals surface area contributed by atoms with Gasteiger partial charge in [-0.1, -0.05) is 0 Å². The quantitative estimate of drug-likeness (QED) is 0.666. The Bertz CT molecular complexity index is 194. The zero-order valence-corrected chi connectivity index (χ0v) is 9.96. The fourth-order valence-corrected chi connectivity index (χ4v) is 1.65. The van der Waals surface area contributed by atoms with Crippen molar-refractivity contribution >= 4 is 6.03 Å². The van der Waals surface area contributed by atoms with Crippen LogP contribution in [0.25, 0.3) is 0 Å². The maximum absolute atomic E-state index is 11.4. The molecule has 0 spiro atoms. The lowest BCUT2D eigenvalue weighted by molar-refractivity contribution is 0.0801. The monoisotopic (exact) mass is 230 g/mol. The van der Waals surface area contributed by atoms with Gasteiger partial charge >= 0.3 is 6.03 Å². The van der Waals surface area contributed by atoms with E-state index in [2.05, 4.69) is 10.6 Å². The summed E-state index contributed by atoms with van der Waals surface area (Å²) in [4.78, 5) is 11.4. The van der Waals surface area contributed by atoms with Crippen molar-refractivity contribution in [1.82, 2.24) is 10.6 Å². The van der Waals surface area contributed by atoms with E-state index in [4.69, 9.17) is 9.47 Å². The molecule has 1 aliphatic rings. The Balaban J connectivity index is 1.97. The van der Waals surface area contributed by atoms with Crippen molar-refractivity contribution < 1.29 is 14.3 Å². The van der Waals surface area contributed by atoms with Crippen LogP contribution in [-0.2, 0) is 9.47 Å². The van der Waals surface area contributed by atoms with Gasteiger partial charge in [-0.2, -0.15) is 0 Å². The Kier molecular flexibility index (Phi) is 6.92. The molecule has 0 atom stereocenters. The lowest BCUT2D eigenvalue weighted by atomic mass is 10.1. The predicted molar refractivity (Wildman–Crippen MR) is 61.5 cm³/mol. The molecular formula is C11H22N2O3. The normalized spacial score (nSPS) is 17.1. The Hall–Kier alpha value is -0.810. The van der Waals surface area contributed by atoms with Gasteiger partial charge in [0.1, 0.15) is 0 Å². The van der Waals surface area contributed by atoms with Crippen LogP contribution in [0.4, 0.5) is 4.79 Å². The van der Waals surface area contributed by atoms with Gasteiger partial charge in [-0.15, -0.1) is 0 Å². The van der Waals surface area contributed by atoms with Crippen LogP contribution in [0.15, 0.2) is 0 Å². The highest BCUT2D eigenvalue weighted by Gasteiger charge is 2.15. The van der Waals surface area contributed by atoms with Gasteiger partial charge in [0.2, 0.25) is 0 Å². The zero-order chi connectivity index (χ0) is 11.6. The molecule has 0 radical (unpaired) electrons. The highest BCUT2D eigenvalue weighted by atomic mass is 16.5. The Morgan fingerprint density at radius 3 is 2.81 bits per heavy atom. The fourth-order valence-electron chi connectivity index (χ4n) is 1.65. The van der Waals surface area contributed by atoms with Crippen LogP contribution < -0.4 is 10.6 Å². The molecule has 2 amide bonds. The smallest absolute Gasteiger partial charge is 0.315 e. The molecule has 1 rings (SSSR count). The van der Waals surface area contributed by atoms with Crippen molar-refractivity contribution in [3.8, 4) is 0 Å². The number of urea groups is 1. The first-order chi connectivity index (χ1) is 7.83. The molecule has 1 fully saturated rings. The number of rotatable bonds is 6. The molecule has 0 unspecified atom stereocenters. The third kappa shape index (κ3) is 5.92. The van der Waals surface area contributed by atoms with Gasteiger partial charge in [-0.25, -0.2) is 4.79 Å². The van der Waals surface area contributed by atoms with E-state index in [9.17, 15) is 4.79 Å². The van der Waals surface area contributed by atoms with E-state index in [1.54, 1.807) is 7.11 Å². The summed E-state index contributed by atoms with van der Waals surface area (Å²) in [5.74, 6) is 0. The highest BCUT2D eigenvalue weighted by molar-refractivity contribution is 5.74. The van der Waals surface area contributed by atoms with Gasteiger partial charge in [-0.05, 0) is 25.7 Å². The Morgan fingerprint density at radius 2 is 2.12 bits per heavy atom. The van der Waals surface area contributed by atoms with Gasteiger partial charge in [0.25, 0.3) is 0 Å². The summed E-state index contributed by atoms with van der Waals surface area (Å²) in [6.45, 7) is 2.96. The van der Waals surface area contributed by atoms with Gasteiger partial charge in [0, 0.05) is 39.5 Å². The fraction of sp³-hybridized carbons (Fsp3) is 0.909. The summed E-state index contributed by atoms with van der Waals surface area (Å²) < 4.78 is 10.1. The van der Waals surface area contributed by atoms with E-state index in [1.165, 1.54) is 0 Å². The van der Waals surface area contributed by atoms with Gasteiger partial charge in [0.05, 0.1) is 0 Å². The molecule has 1 aliphatic heterocycles. The first kappa shape index (κ1) is 13.3. The van der Waals surface area contributed by atoms with E-state index >= 15 is 0 Å². The van der Waals surface area contributed by atoms with Crippen LogP contribution in [-0.4, -0.2) is 45.5 Å². The minimum atomic E-state index is -0.0654. The standard InChI is InChI=1S/C11H22N2O3/c1-15-7-3-2-6-12-11(14)13-10-4-8-16-9-5-10/h10H,2-9H2,1H3,(H2,12,13,14). The third-order valence-corrected chi connectivity index (χ3v) is 2.62. The molecule has 1 saturated heterocycles. The van der Waals surface area contributed by atoms with Crippen molar-refractivity contribution in [3.05, 3.63) is 0 Å². The number of amides is 2. The molecule has 0 aromatic rings. The summed E-state index contributed by atoms with van der Waals surface area (Å²) in [5, 5.41) is 5.79. The minimum Gasteiger partial charge on any atom is -0.385 e. The van der Waals surface area contributed by atoms with Crippen molar-refractivity contribution in [3.63, 3.8) is 0 Å². The van der Waals surface area contributed by atoms with E-state index in [0.29, 0.717) is 6.54 Å². The largest absolute Gasteiger partial charge is 0.385 e. The van der Waals surface area contributed by atoms with Crippen LogP contribution >= 0.6 is 0 Å². The molecule has 1 heterocycles. The summed E-state index contributed by atoms with van der Waals surface area (Å²) in [6, 6.07) is 0.206. The van der Waals surface area contributed by atoms with Crippen molar-refractivity contribution in [2.24, 2.45) is 0 Å². The molecule has 5 heteroatoms. The number of methoxy groups -OCH3 is 1. The van der Waals surface area contributed by atoms with Crippen LogP contribution in [0.5, 0.6) is 0 Å². The molecule has 0 bridgehead atoms. The van der Waals surface area contributed by atoms with Crippen LogP contribution in [0.3, 0.4) is 0 Å². The second-order valence-electron chi connectivity index (χ2n) is 3.99. The number of nitrogens with one attached hydrogen (secondary N) is 2. The number of ether oxygens (including phenoxy) is 2. The Labute approximate surface area is 96.9 Å². The molecule has 0 saturated carbocycles. The van der Waals surface area contributed by atoms with Gasteiger partial charge in [0.15, 0.2) is 0 Å². The molecular weight excluding hydrogens is 208 g/mol. The number of carbonyl (C=O) groups excluding carboxylic acids is 1. The highest BCUT2D eigenvalue weighted by Crippen LogP contribution is 2.05. The molecule has 16 heavy (non-hydrogen) atoms. The molecule has 2 N–H and O–H groups in total. The molecule has 0 aliphatic carbocycles. The van der Waals surface area contributed by atoms with Crippen LogP contribution in [0.2, 0.25) is 0 Å². The number of unbranched alkanes of at least 4 members (excludes halogenated alkanes) is 1. The number of carbonyl (C=O) groups is 1. The average molecular weight is 230 g/mol. The van der Waals surface area contributed by atoms with E-state index in [1.807, 2.05) is 0 Å². The first-order valence-corrected chi connectivity index (χ1v) is 5.94. The van der Waals surface area contributed by atoms with Crippen LogP contribution in [0, 0.1) is 0 Å². The average Bonchev–Trinajstić information content (AvgIpc) is 2.30. The lowest BCUT2D eigenvalue weighted by Gasteiger charge is -2.23. The van der Waals surface area contributed by atoms with Crippen LogP contribution in [0.1, 0.15) is 25.7 Å². The topological polar surface area (TPSA) is 59.6 Å². The molecule has 0 aromatic heterocycles. The molecule has 94 valence electrons. The minimum absolute atomic E-state index is 0.0654. The number of hydrogen-bond donors (Lipinski definition) is 2. The van der Waals surface area contributed by atoms with E-state index in [-0.39, 0.29) is 12.1 Å². The first-order valence-electron chi connectivity index (χ1n) is 5.94. The van der Waals surface area contributed by atoms with Gasteiger partial charge in [-0.3, -0.25) is 0 Å². The second kappa shape index (κ2) is 8.35. The number of hydrogen-bond acceptors (Lipinski definition) is 3. The molecule has 5 nitrogen and oxygen atoms in total. The summed E-state index contributed by atoms with van der Waals surface area (Å²) >= 11 is 0. The van der Waals surface area contributed by atoms with Gasteiger partial charge < -0.3 is 20.1 Å². The zero-order valence-electron chi connectivity index (χ0n) is 9.96. The molecule has 0 aromatic carbocycles. The summed E-state index contributed by atoms with van der Waals surface area (Å²) in [5.41, 5.74) is 0. The van der Waals surface area contributed by atoms with E-state index in [0.717, 1.165) is 45.5 Å². The Morgan fingerprint density at radius 1 is 1.38 bits per heavy atom. The van der Waals surface area contributed by atoms with Crippen molar-refractivity contribution in [2.45, 2.75) is 31.7 Å². The summed E-state index contributed by atoms with van der Waals surface area (Å²) in [6.07, 6.45) is 3.76. The lowest BCUT2D eigenvalue weighted by Crippen LogP contribution is -2.44. The van der Waals surface area contributed by atoms with E-state index < -0.39 is 0 Å². The predicted octanol–water partition coefficient (Wildman–Crippen LogP) is 0.891. The van der Waals surface area contributed by atoms with Crippen molar-refractivity contribution in [1.29, 1.82) is 0 Å². The summed E-state index contributed by atoms with van der Waals surface area (Å²) in [7, 11) is 1.69. The maximum atomic E-state index is 11.4. The SMILES string of the molecule is COCCCCNC(=O)NC1CCOCC1. The maximum Gasteiger partial charge on any atom is 0.315 e. The third-order valence-electron chi connectivity index (χ3n) is 2.62. The van der Waals surface area contributed by atoms with Crippen molar-refractivity contribution in [2.75, 3.05) is 33.5 Å².